The third kappa shape index (κ3) is 3.47. The summed E-state index contributed by atoms with van der Waals surface area (Å²) >= 11 is 0. The van der Waals surface area contributed by atoms with Crippen LogP contribution in [0.25, 0.3) is 0 Å². The van der Waals surface area contributed by atoms with Gasteiger partial charge < -0.3 is 15.2 Å². The number of pyridine rings is 1. The summed E-state index contributed by atoms with van der Waals surface area (Å²) in [6.07, 6.45) is 3.69. The van der Waals surface area contributed by atoms with E-state index in [9.17, 15) is 4.79 Å². The van der Waals surface area contributed by atoms with Gasteiger partial charge in [0.25, 0.3) is 0 Å². The van der Waals surface area contributed by atoms with Crippen LogP contribution in [-0.4, -0.2) is 29.7 Å². The molecule has 2 rings (SSSR count). The number of carboxylic acids is 1. The average molecular weight is 272 g/mol. The first-order chi connectivity index (χ1) is 9.70. The molecule has 1 aromatic carbocycles. The van der Waals surface area contributed by atoms with Crippen molar-refractivity contribution in [3.8, 4) is 5.75 Å². The minimum atomic E-state index is -0.984. The maximum Gasteiger partial charge on any atom is 0.339 e. The van der Waals surface area contributed by atoms with Crippen LogP contribution in [0, 0.1) is 0 Å². The molecule has 0 saturated heterocycles. The summed E-state index contributed by atoms with van der Waals surface area (Å²) in [5, 5.41) is 12.2. The van der Waals surface area contributed by atoms with Crippen LogP contribution in [0.15, 0.2) is 42.7 Å². The van der Waals surface area contributed by atoms with Crippen LogP contribution in [0.1, 0.15) is 15.9 Å². The molecule has 0 fully saturated rings. The van der Waals surface area contributed by atoms with Gasteiger partial charge in [0.15, 0.2) is 0 Å². The molecule has 2 N–H and O–H groups in total. The van der Waals surface area contributed by atoms with Crippen molar-refractivity contribution in [2.45, 2.75) is 6.42 Å². The van der Waals surface area contributed by atoms with Crippen LogP contribution in [0.3, 0.4) is 0 Å². The number of nitrogens with one attached hydrogen (secondary N) is 1. The van der Waals surface area contributed by atoms with Gasteiger partial charge in [0, 0.05) is 18.9 Å². The summed E-state index contributed by atoms with van der Waals surface area (Å²) in [7, 11) is 1.63. The third-order valence-electron chi connectivity index (χ3n) is 2.91. The summed E-state index contributed by atoms with van der Waals surface area (Å²) in [4.78, 5) is 14.9. The van der Waals surface area contributed by atoms with E-state index in [2.05, 4.69) is 10.3 Å². The SMILES string of the molecule is COc1cccc(CCNc2ccncc2C(=O)O)c1. The number of aromatic carboxylic acids is 1. The molecule has 104 valence electrons. The molecule has 1 aromatic heterocycles. The smallest absolute Gasteiger partial charge is 0.339 e. The lowest BCUT2D eigenvalue weighted by Crippen LogP contribution is -2.09. The predicted octanol–water partition coefficient (Wildman–Crippen LogP) is 2.44. The molecule has 20 heavy (non-hydrogen) atoms. The van der Waals surface area contributed by atoms with E-state index in [0.29, 0.717) is 12.2 Å². The Balaban J connectivity index is 1.97. The van der Waals surface area contributed by atoms with Crippen molar-refractivity contribution in [1.82, 2.24) is 4.98 Å². The minimum Gasteiger partial charge on any atom is -0.497 e. The number of anilines is 1. The Bertz CT molecular complexity index is 599. The van der Waals surface area contributed by atoms with Gasteiger partial charge in [-0.25, -0.2) is 4.79 Å². The largest absolute Gasteiger partial charge is 0.497 e. The van der Waals surface area contributed by atoms with Gasteiger partial charge >= 0.3 is 5.97 Å². The summed E-state index contributed by atoms with van der Waals surface area (Å²) in [5.74, 6) is -0.167. The maximum absolute atomic E-state index is 11.0. The zero-order chi connectivity index (χ0) is 14.4. The lowest BCUT2D eigenvalue weighted by molar-refractivity contribution is 0.0697. The lowest BCUT2D eigenvalue weighted by atomic mass is 10.1. The Morgan fingerprint density at radius 3 is 3.00 bits per heavy atom. The number of carboxylic acid groups (broad SMARTS) is 1. The van der Waals surface area contributed by atoms with Crippen LogP contribution < -0.4 is 10.1 Å². The molecule has 0 aliphatic rings. The van der Waals surface area contributed by atoms with Crippen molar-refractivity contribution < 1.29 is 14.6 Å². The minimum absolute atomic E-state index is 0.179. The van der Waals surface area contributed by atoms with Crippen LogP contribution in [0.4, 0.5) is 5.69 Å². The number of ether oxygens (including phenoxy) is 1. The number of methoxy groups -OCH3 is 1. The van der Waals surface area contributed by atoms with Crippen molar-refractivity contribution in [3.63, 3.8) is 0 Å². The molecule has 5 heteroatoms. The molecule has 0 atom stereocenters. The molecular formula is C15H16N2O3. The van der Waals surface area contributed by atoms with Crippen molar-refractivity contribution >= 4 is 11.7 Å². The number of rotatable bonds is 6. The van der Waals surface area contributed by atoms with Gasteiger partial charge in [0.2, 0.25) is 0 Å². The molecule has 5 nitrogen and oxygen atoms in total. The number of hydrogen-bond donors (Lipinski definition) is 2. The Morgan fingerprint density at radius 2 is 2.25 bits per heavy atom. The summed E-state index contributed by atoms with van der Waals surface area (Å²) in [5.41, 5.74) is 1.89. The molecule has 0 aliphatic carbocycles. The highest BCUT2D eigenvalue weighted by Crippen LogP contribution is 2.15. The van der Waals surface area contributed by atoms with Gasteiger partial charge in [-0.1, -0.05) is 12.1 Å². The van der Waals surface area contributed by atoms with E-state index in [0.717, 1.165) is 17.7 Å². The molecule has 0 aliphatic heterocycles. The predicted molar refractivity (Wildman–Crippen MR) is 76.4 cm³/mol. The molecule has 2 aromatic rings. The molecule has 0 radical (unpaired) electrons. The highest BCUT2D eigenvalue weighted by molar-refractivity contribution is 5.93. The van der Waals surface area contributed by atoms with Crippen molar-refractivity contribution in [2.24, 2.45) is 0 Å². The summed E-state index contributed by atoms with van der Waals surface area (Å²) < 4.78 is 5.16. The monoisotopic (exact) mass is 272 g/mol. The van der Waals surface area contributed by atoms with E-state index < -0.39 is 5.97 Å². The second kappa shape index (κ2) is 6.56. The van der Waals surface area contributed by atoms with Gasteiger partial charge in [0.05, 0.1) is 12.8 Å². The standard InChI is InChI=1S/C15H16N2O3/c1-20-12-4-2-3-11(9-12)5-8-17-14-6-7-16-10-13(14)15(18)19/h2-4,6-7,9-10H,5,8H2,1H3,(H,16,17)(H,18,19). The van der Waals surface area contributed by atoms with E-state index in [1.54, 1.807) is 19.4 Å². The second-order valence-electron chi connectivity index (χ2n) is 4.25. The van der Waals surface area contributed by atoms with Gasteiger partial charge in [-0.05, 0) is 30.2 Å². The highest BCUT2D eigenvalue weighted by Gasteiger charge is 2.08. The topological polar surface area (TPSA) is 71.5 Å². The lowest BCUT2D eigenvalue weighted by Gasteiger charge is -2.09. The van der Waals surface area contributed by atoms with E-state index in [1.165, 1.54) is 6.20 Å². The molecule has 0 amide bonds. The van der Waals surface area contributed by atoms with Gasteiger partial charge in [0.1, 0.15) is 11.3 Å². The fraction of sp³-hybridized carbons (Fsp3) is 0.200. The number of carbonyl (C=O) groups is 1. The van der Waals surface area contributed by atoms with Crippen molar-refractivity contribution in [2.75, 3.05) is 19.0 Å². The van der Waals surface area contributed by atoms with Gasteiger partial charge in [-0.2, -0.15) is 0 Å². The molecule has 1 heterocycles. The van der Waals surface area contributed by atoms with Gasteiger partial charge in [-0.3, -0.25) is 4.98 Å². The number of aromatic nitrogens is 1. The number of hydrogen-bond acceptors (Lipinski definition) is 4. The maximum atomic E-state index is 11.0. The first-order valence-corrected chi connectivity index (χ1v) is 6.25. The number of nitrogens with zero attached hydrogens (tertiary/aromatic N) is 1. The Morgan fingerprint density at radius 1 is 1.40 bits per heavy atom. The van der Waals surface area contributed by atoms with E-state index in [-0.39, 0.29) is 5.56 Å². The number of benzene rings is 1. The fourth-order valence-electron chi connectivity index (χ4n) is 1.89. The Hall–Kier alpha value is -2.56. The normalized spacial score (nSPS) is 10.1. The summed E-state index contributed by atoms with van der Waals surface area (Å²) in [6, 6.07) is 9.46. The first kappa shape index (κ1) is 13.9. The molecule has 0 unspecified atom stereocenters. The highest BCUT2D eigenvalue weighted by atomic mass is 16.5. The van der Waals surface area contributed by atoms with Crippen LogP contribution in [-0.2, 0) is 6.42 Å². The van der Waals surface area contributed by atoms with Crippen LogP contribution in [0.5, 0.6) is 5.75 Å². The quantitative estimate of drug-likeness (QED) is 0.845. The van der Waals surface area contributed by atoms with Crippen molar-refractivity contribution in [1.29, 1.82) is 0 Å². The molecule has 0 bridgehead atoms. The molecular weight excluding hydrogens is 256 g/mol. The molecule has 0 spiro atoms. The van der Waals surface area contributed by atoms with Gasteiger partial charge in [-0.15, -0.1) is 0 Å². The first-order valence-electron chi connectivity index (χ1n) is 6.25. The Labute approximate surface area is 117 Å². The van der Waals surface area contributed by atoms with E-state index >= 15 is 0 Å². The van der Waals surface area contributed by atoms with Crippen LogP contribution >= 0.6 is 0 Å². The van der Waals surface area contributed by atoms with E-state index in [4.69, 9.17) is 9.84 Å². The fourth-order valence-corrected chi connectivity index (χ4v) is 1.89. The average Bonchev–Trinajstić information content (AvgIpc) is 2.48. The third-order valence-corrected chi connectivity index (χ3v) is 2.91. The summed E-state index contributed by atoms with van der Waals surface area (Å²) in [6.45, 7) is 0.636. The van der Waals surface area contributed by atoms with E-state index in [1.807, 2.05) is 24.3 Å². The molecule has 0 saturated carbocycles. The second-order valence-corrected chi connectivity index (χ2v) is 4.25. The Kier molecular flexibility index (Phi) is 4.55. The van der Waals surface area contributed by atoms with Crippen molar-refractivity contribution in [3.05, 3.63) is 53.9 Å². The zero-order valence-electron chi connectivity index (χ0n) is 11.2. The zero-order valence-corrected chi connectivity index (χ0v) is 11.2. The van der Waals surface area contributed by atoms with Crippen LogP contribution in [0.2, 0.25) is 0 Å².